The molecule has 0 aliphatic carbocycles. The van der Waals surface area contributed by atoms with Gasteiger partial charge in [-0.15, -0.1) is 0 Å². The van der Waals surface area contributed by atoms with Crippen molar-refractivity contribution < 1.29 is 0 Å². The zero-order chi connectivity index (χ0) is 8.72. The highest BCUT2D eigenvalue weighted by molar-refractivity contribution is 9.10. The normalized spacial score (nSPS) is 10.8. The van der Waals surface area contributed by atoms with Gasteiger partial charge in [0.1, 0.15) is 5.52 Å². The molecule has 0 bridgehead atoms. The zero-order valence-electron chi connectivity index (χ0n) is 5.80. The summed E-state index contributed by atoms with van der Waals surface area (Å²) in [6, 6.07) is 1.71. The van der Waals surface area contributed by atoms with Crippen molar-refractivity contribution in [1.29, 1.82) is 0 Å². The molecule has 2 heterocycles. The molecule has 0 amide bonds. The van der Waals surface area contributed by atoms with Crippen molar-refractivity contribution in [2.45, 2.75) is 0 Å². The zero-order valence-corrected chi connectivity index (χ0v) is 8.20. The Morgan fingerprint density at radius 3 is 3.08 bits per heavy atom. The molecule has 6 heteroatoms. The Kier molecular flexibility index (Phi) is 1.66. The van der Waals surface area contributed by atoms with Crippen molar-refractivity contribution in [1.82, 2.24) is 14.6 Å². The van der Waals surface area contributed by atoms with Crippen LogP contribution in [-0.4, -0.2) is 14.6 Å². The highest BCUT2D eigenvalue weighted by Crippen LogP contribution is 2.10. The van der Waals surface area contributed by atoms with E-state index >= 15 is 0 Å². The summed E-state index contributed by atoms with van der Waals surface area (Å²) in [5.74, 6) is 0. The summed E-state index contributed by atoms with van der Waals surface area (Å²) in [4.78, 5) is 13.7. The largest absolute Gasteiger partial charge is 0.296 e. The molecule has 0 fully saturated rings. The first-order chi connectivity index (χ1) is 5.66. The Morgan fingerprint density at radius 2 is 2.33 bits per heavy atom. The first kappa shape index (κ1) is 7.75. The van der Waals surface area contributed by atoms with Gasteiger partial charge in [-0.2, -0.15) is 0 Å². The van der Waals surface area contributed by atoms with Crippen LogP contribution in [0.5, 0.6) is 0 Å². The van der Waals surface area contributed by atoms with Gasteiger partial charge in [-0.1, -0.05) is 0 Å². The number of halogens is 1. The molecular formula is C6H4BrN3OS. The Morgan fingerprint density at radius 1 is 1.58 bits per heavy atom. The summed E-state index contributed by atoms with van der Waals surface area (Å²) in [5, 5.41) is 2.80. The molecule has 0 aliphatic heterocycles. The third-order valence-corrected chi connectivity index (χ3v) is 2.10. The number of rotatable bonds is 0. The van der Waals surface area contributed by atoms with E-state index in [1.165, 1.54) is 0 Å². The van der Waals surface area contributed by atoms with Crippen molar-refractivity contribution in [3.05, 3.63) is 31.9 Å². The van der Waals surface area contributed by atoms with Crippen molar-refractivity contribution in [3.63, 3.8) is 0 Å². The number of aromatic nitrogens is 3. The van der Waals surface area contributed by atoms with E-state index in [1.807, 2.05) is 0 Å². The highest BCUT2D eigenvalue weighted by Gasteiger charge is 1.99. The van der Waals surface area contributed by atoms with E-state index in [0.29, 0.717) is 10.3 Å². The number of hydrogen-bond acceptors (Lipinski definition) is 2. The lowest BCUT2D eigenvalue weighted by Gasteiger charge is -1.91. The molecule has 4 nitrogen and oxygen atoms in total. The molecule has 2 aromatic heterocycles. The van der Waals surface area contributed by atoms with Gasteiger partial charge in [0.05, 0.1) is 0 Å². The maximum absolute atomic E-state index is 11.2. The standard InChI is InChI=1S/C6H4BrN3OS/c7-3-1-4-5(11)8-6(12)9-10(4)2-3/h1-2H,(H2,8,9,11,12). The quantitative estimate of drug-likeness (QED) is 0.691. The van der Waals surface area contributed by atoms with Crippen molar-refractivity contribution in [2.24, 2.45) is 0 Å². The van der Waals surface area contributed by atoms with E-state index in [0.717, 1.165) is 4.47 Å². The summed E-state index contributed by atoms with van der Waals surface area (Å²) in [6.45, 7) is 0. The Balaban J connectivity index is 3.08. The van der Waals surface area contributed by atoms with E-state index < -0.39 is 0 Å². The Labute approximate surface area is 80.3 Å². The minimum atomic E-state index is -0.190. The summed E-state index contributed by atoms with van der Waals surface area (Å²) < 4.78 is 2.73. The molecule has 0 radical (unpaired) electrons. The van der Waals surface area contributed by atoms with Gasteiger partial charge in [-0.05, 0) is 34.2 Å². The first-order valence-electron chi connectivity index (χ1n) is 3.17. The first-order valence-corrected chi connectivity index (χ1v) is 4.37. The molecule has 2 aromatic rings. The van der Waals surface area contributed by atoms with Crippen LogP contribution in [0.1, 0.15) is 0 Å². The number of aromatic amines is 2. The molecule has 0 aromatic carbocycles. The van der Waals surface area contributed by atoms with Crippen LogP contribution < -0.4 is 5.56 Å². The van der Waals surface area contributed by atoms with E-state index in [-0.39, 0.29) is 5.56 Å². The lowest BCUT2D eigenvalue weighted by atomic mass is 10.5. The van der Waals surface area contributed by atoms with E-state index in [4.69, 9.17) is 12.2 Å². The second kappa shape index (κ2) is 2.56. The molecule has 0 saturated carbocycles. The molecule has 0 unspecified atom stereocenters. The lowest BCUT2D eigenvalue weighted by molar-refractivity contribution is 0.872. The third-order valence-electron chi connectivity index (χ3n) is 1.47. The van der Waals surface area contributed by atoms with Crippen LogP contribution in [0, 0.1) is 4.77 Å². The Hall–Kier alpha value is -0.880. The summed E-state index contributed by atoms with van der Waals surface area (Å²) >= 11 is 8.04. The van der Waals surface area contributed by atoms with Gasteiger partial charge in [0.2, 0.25) is 0 Å². The van der Waals surface area contributed by atoms with Crippen molar-refractivity contribution in [3.8, 4) is 0 Å². The smallest absolute Gasteiger partial charge is 0.276 e. The fourth-order valence-corrected chi connectivity index (χ4v) is 1.61. The maximum atomic E-state index is 11.2. The number of nitrogens with one attached hydrogen (secondary N) is 2. The van der Waals surface area contributed by atoms with Gasteiger partial charge in [0.25, 0.3) is 5.56 Å². The average molecular weight is 246 g/mol. The molecule has 0 spiro atoms. The van der Waals surface area contributed by atoms with Crippen LogP contribution >= 0.6 is 28.1 Å². The molecule has 62 valence electrons. The van der Waals surface area contributed by atoms with Crippen LogP contribution in [0.2, 0.25) is 0 Å². The van der Waals surface area contributed by atoms with Crippen molar-refractivity contribution >= 4 is 33.7 Å². The van der Waals surface area contributed by atoms with Crippen LogP contribution in [0.3, 0.4) is 0 Å². The second-order valence-corrected chi connectivity index (χ2v) is 3.63. The van der Waals surface area contributed by atoms with Gasteiger partial charge < -0.3 is 0 Å². The van der Waals surface area contributed by atoms with Crippen LogP contribution in [-0.2, 0) is 0 Å². The topological polar surface area (TPSA) is 53.1 Å². The van der Waals surface area contributed by atoms with Gasteiger partial charge in [-0.25, -0.2) is 0 Å². The average Bonchev–Trinajstić information content (AvgIpc) is 2.29. The van der Waals surface area contributed by atoms with Gasteiger partial charge >= 0.3 is 0 Å². The highest BCUT2D eigenvalue weighted by atomic mass is 79.9. The minimum Gasteiger partial charge on any atom is -0.296 e. The Bertz CT molecular complexity index is 537. The fraction of sp³-hybridized carbons (Fsp3) is 0. The van der Waals surface area contributed by atoms with Gasteiger partial charge in [0, 0.05) is 10.7 Å². The molecule has 2 N–H and O–H groups in total. The van der Waals surface area contributed by atoms with Gasteiger partial charge in [0.15, 0.2) is 4.77 Å². The molecule has 12 heavy (non-hydrogen) atoms. The SMILES string of the molecule is O=c1[nH]c(=S)[nH]n2cc(Br)cc12. The summed E-state index contributed by atoms with van der Waals surface area (Å²) in [7, 11) is 0. The summed E-state index contributed by atoms with van der Waals surface area (Å²) in [6.07, 6.45) is 1.74. The number of nitrogens with zero attached hydrogens (tertiary/aromatic N) is 1. The summed E-state index contributed by atoms with van der Waals surface area (Å²) in [5.41, 5.74) is 0.347. The molecule has 0 aliphatic rings. The number of fused-ring (bicyclic) bond motifs is 1. The number of H-pyrrole nitrogens is 2. The fourth-order valence-electron chi connectivity index (χ4n) is 1.00. The van der Waals surface area contributed by atoms with E-state index in [9.17, 15) is 4.79 Å². The molecular weight excluding hydrogens is 242 g/mol. The number of hydrogen-bond donors (Lipinski definition) is 2. The third kappa shape index (κ3) is 1.12. The van der Waals surface area contributed by atoms with E-state index in [1.54, 1.807) is 16.8 Å². The van der Waals surface area contributed by atoms with Crippen LogP contribution in [0.25, 0.3) is 5.52 Å². The van der Waals surface area contributed by atoms with Crippen LogP contribution in [0.15, 0.2) is 21.5 Å². The van der Waals surface area contributed by atoms with Crippen LogP contribution in [0.4, 0.5) is 0 Å². The predicted molar refractivity (Wildman–Crippen MR) is 50.9 cm³/mol. The van der Waals surface area contributed by atoms with Gasteiger partial charge in [-0.3, -0.25) is 19.4 Å². The maximum Gasteiger partial charge on any atom is 0.276 e. The monoisotopic (exact) mass is 245 g/mol. The van der Waals surface area contributed by atoms with E-state index in [2.05, 4.69) is 26.0 Å². The predicted octanol–water partition coefficient (Wildman–Crippen LogP) is 1.45. The molecule has 0 atom stereocenters. The minimum absolute atomic E-state index is 0.190. The molecule has 0 saturated heterocycles. The molecule has 2 rings (SSSR count). The lowest BCUT2D eigenvalue weighted by Crippen LogP contribution is -2.10. The second-order valence-electron chi connectivity index (χ2n) is 2.31. The van der Waals surface area contributed by atoms with Crippen molar-refractivity contribution in [2.75, 3.05) is 0 Å².